The van der Waals surface area contributed by atoms with E-state index >= 15 is 0 Å². The van der Waals surface area contributed by atoms with Gasteiger partial charge in [-0.25, -0.2) is 0 Å². The molecule has 0 aliphatic rings. The van der Waals surface area contributed by atoms with E-state index in [0.717, 1.165) is 11.1 Å². The Morgan fingerprint density at radius 2 is 1.96 bits per heavy atom. The number of benzene rings is 1. The van der Waals surface area contributed by atoms with Crippen molar-refractivity contribution in [3.63, 3.8) is 0 Å². The molecule has 0 heterocycles. The van der Waals surface area contributed by atoms with Gasteiger partial charge in [0.2, 0.25) is 5.91 Å². The number of aliphatic hydroxyl groups is 1. The number of carbonyl (C=O) groups excluding carboxylic acids is 1. The van der Waals surface area contributed by atoms with Crippen LogP contribution in [0.2, 0.25) is 0 Å². The summed E-state index contributed by atoms with van der Waals surface area (Å²) < 4.78 is 37.8. The van der Waals surface area contributed by atoms with Gasteiger partial charge in [-0.05, 0) is 18.4 Å². The van der Waals surface area contributed by atoms with E-state index < -0.39 is 30.1 Å². The van der Waals surface area contributed by atoms with Gasteiger partial charge in [0, 0.05) is 12.6 Å². The van der Waals surface area contributed by atoms with Crippen molar-refractivity contribution < 1.29 is 23.1 Å². The standard InChI is InChI=1S/C16H23F3N2O2/c1-10(2)14(15(23)16(17,18)19)21-9-13(22)20-8-12-6-4-5-11(3)7-12/h4-7,10,14-15,21,23H,8-9H2,1-3H3,(H,20,22)/t14-,15-/m0/s1. The number of nitrogens with one attached hydrogen (secondary N) is 2. The minimum absolute atomic E-state index is 0.290. The molecule has 2 atom stereocenters. The summed E-state index contributed by atoms with van der Waals surface area (Å²) in [5.74, 6) is -0.900. The lowest BCUT2D eigenvalue weighted by molar-refractivity contribution is -0.215. The molecule has 7 heteroatoms. The third-order valence-electron chi connectivity index (χ3n) is 3.46. The highest BCUT2D eigenvalue weighted by Crippen LogP contribution is 2.25. The van der Waals surface area contributed by atoms with Crippen LogP contribution in [0.4, 0.5) is 13.2 Å². The van der Waals surface area contributed by atoms with Crippen LogP contribution in [0.25, 0.3) is 0 Å². The van der Waals surface area contributed by atoms with E-state index in [1.54, 1.807) is 13.8 Å². The Hall–Kier alpha value is -1.60. The first-order valence-electron chi connectivity index (χ1n) is 7.41. The van der Waals surface area contributed by atoms with E-state index in [2.05, 4.69) is 10.6 Å². The van der Waals surface area contributed by atoms with Gasteiger partial charge in [-0.1, -0.05) is 43.7 Å². The summed E-state index contributed by atoms with van der Waals surface area (Å²) in [5, 5.41) is 14.5. The summed E-state index contributed by atoms with van der Waals surface area (Å²) in [6, 6.07) is 6.32. The van der Waals surface area contributed by atoms with Crippen LogP contribution < -0.4 is 10.6 Å². The van der Waals surface area contributed by atoms with E-state index in [-0.39, 0.29) is 6.54 Å². The van der Waals surface area contributed by atoms with Crippen LogP contribution in [0.5, 0.6) is 0 Å². The molecule has 0 radical (unpaired) electrons. The van der Waals surface area contributed by atoms with Gasteiger partial charge >= 0.3 is 6.18 Å². The number of aryl methyl sites for hydroxylation is 1. The lowest BCUT2D eigenvalue weighted by Gasteiger charge is -2.28. The van der Waals surface area contributed by atoms with Gasteiger partial charge in [0.25, 0.3) is 0 Å². The van der Waals surface area contributed by atoms with Crippen LogP contribution in [0.1, 0.15) is 25.0 Å². The maximum absolute atomic E-state index is 12.6. The highest BCUT2D eigenvalue weighted by Gasteiger charge is 2.44. The molecule has 0 saturated carbocycles. The highest BCUT2D eigenvalue weighted by molar-refractivity contribution is 5.78. The number of rotatable bonds is 7. The molecule has 0 unspecified atom stereocenters. The summed E-state index contributed by atoms with van der Waals surface area (Å²) in [5.41, 5.74) is 1.97. The van der Waals surface area contributed by atoms with Crippen LogP contribution >= 0.6 is 0 Å². The summed E-state index contributed by atoms with van der Waals surface area (Å²) in [6.07, 6.45) is -7.23. The number of carbonyl (C=O) groups is 1. The molecule has 1 aromatic carbocycles. The van der Waals surface area contributed by atoms with Crippen molar-refractivity contribution in [1.82, 2.24) is 10.6 Å². The van der Waals surface area contributed by atoms with E-state index in [1.807, 2.05) is 31.2 Å². The van der Waals surface area contributed by atoms with Crippen molar-refractivity contribution in [3.05, 3.63) is 35.4 Å². The Labute approximate surface area is 134 Å². The maximum Gasteiger partial charge on any atom is 0.415 e. The monoisotopic (exact) mass is 332 g/mol. The van der Waals surface area contributed by atoms with Gasteiger partial charge in [0.1, 0.15) is 0 Å². The SMILES string of the molecule is Cc1cccc(CNC(=O)CN[C@@H](C(C)C)[C@H](O)C(F)(F)F)c1. The first-order chi connectivity index (χ1) is 10.6. The van der Waals surface area contributed by atoms with Crippen LogP contribution in [-0.2, 0) is 11.3 Å². The molecule has 1 rings (SSSR count). The lowest BCUT2D eigenvalue weighted by atomic mass is 9.98. The minimum Gasteiger partial charge on any atom is -0.382 e. The Morgan fingerprint density at radius 3 is 2.48 bits per heavy atom. The zero-order valence-corrected chi connectivity index (χ0v) is 13.4. The quantitative estimate of drug-likeness (QED) is 0.717. The van der Waals surface area contributed by atoms with Crippen molar-refractivity contribution in [2.75, 3.05) is 6.54 Å². The molecule has 23 heavy (non-hydrogen) atoms. The fourth-order valence-electron chi connectivity index (χ4n) is 2.21. The predicted octanol–water partition coefficient (Wildman–Crippen LogP) is 2.15. The molecule has 0 aromatic heterocycles. The Bertz CT molecular complexity index is 518. The summed E-state index contributed by atoms with van der Waals surface area (Å²) in [7, 11) is 0. The molecule has 0 bridgehead atoms. The molecule has 0 aliphatic heterocycles. The molecule has 1 amide bonds. The van der Waals surface area contributed by atoms with Crippen LogP contribution in [0.3, 0.4) is 0 Å². The van der Waals surface area contributed by atoms with Crippen molar-refractivity contribution in [1.29, 1.82) is 0 Å². The zero-order chi connectivity index (χ0) is 17.6. The molecule has 3 N–H and O–H groups in total. The summed E-state index contributed by atoms with van der Waals surface area (Å²) in [6.45, 7) is 5.05. The van der Waals surface area contributed by atoms with Gasteiger partial charge < -0.3 is 15.7 Å². The number of aliphatic hydroxyl groups excluding tert-OH is 1. The largest absolute Gasteiger partial charge is 0.415 e. The van der Waals surface area contributed by atoms with Crippen LogP contribution in [-0.4, -0.2) is 35.9 Å². The smallest absolute Gasteiger partial charge is 0.382 e. The van der Waals surface area contributed by atoms with Gasteiger partial charge in [0.15, 0.2) is 6.10 Å². The van der Waals surface area contributed by atoms with E-state index in [9.17, 15) is 23.1 Å². The Kier molecular flexibility index (Phi) is 7.02. The van der Waals surface area contributed by atoms with E-state index in [0.29, 0.717) is 6.54 Å². The third kappa shape index (κ3) is 6.58. The normalized spacial score (nSPS) is 14.6. The van der Waals surface area contributed by atoms with Crippen molar-refractivity contribution in [2.24, 2.45) is 5.92 Å². The second kappa shape index (κ2) is 8.31. The number of halogens is 3. The Morgan fingerprint density at radius 1 is 1.30 bits per heavy atom. The molecular formula is C16H23F3N2O2. The predicted molar refractivity (Wildman–Crippen MR) is 81.7 cm³/mol. The molecule has 0 spiro atoms. The topological polar surface area (TPSA) is 61.4 Å². The van der Waals surface area contributed by atoms with Gasteiger partial charge in [0.05, 0.1) is 6.54 Å². The molecule has 130 valence electrons. The van der Waals surface area contributed by atoms with E-state index in [1.165, 1.54) is 0 Å². The maximum atomic E-state index is 12.6. The molecule has 4 nitrogen and oxygen atoms in total. The lowest BCUT2D eigenvalue weighted by Crippen LogP contribution is -2.53. The van der Waals surface area contributed by atoms with Crippen molar-refractivity contribution in [3.8, 4) is 0 Å². The van der Waals surface area contributed by atoms with Gasteiger partial charge in [-0.2, -0.15) is 13.2 Å². The van der Waals surface area contributed by atoms with E-state index in [4.69, 9.17) is 0 Å². The summed E-state index contributed by atoms with van der Waals surface area (Å²) in [4.78, 5) is 11.8. The number of hydrogen-bond acceptors (Lipinski definition) is 3. The molecule has 0 fully saturated rings. The Balaban J connectivity index is 2.49. The van der Waals surface area contributed by atoms with Gasteiger partial charge in [-0.15, -0.1) is 0 Å². The first-order valence-corrected chi connectivity index (χ1v) is 7.41. The fraction of sp³-hybridized carbons (Fsp3) is 0.562. The van der Waals surface area contributed by atoms with Crippen molar-refractivity contribution >= 4 is 5.91 Å². The summed E-state index contributed by atoms with van der Waals surface area (Å²) >= 11 is 0. The number of alkyl halides is 3. The molecule has 0 saturated heterocycles. The van der Waals surface area contributed by atoms with Gasteiger partial charge in [-0.3, -0.25) is 4.79 Å². The fourth-order valence-corrected chi connectivity index (χ4v) is 2.21. The van der Waals surface area contributed by atoms with Crippen LogP contribution in [0.15, 0.2) is 24.3 Å². The first kappa shape index (κ1) is 19.4. The number of hydrogen-bond donors (Lipinski definition) is 3. The molecule has 1 aromatic rings. The van der Waals surface area contributed by atoms with Crippen LogP contribution in [0, 0.1) is 12.8 Å². The second-order valence-electron chi connectivity index (χ2n) is 5.90. The third-order valence-corrected chi connectivity index (χ3v) is 3.46. The van der Waals surface area contributed by atoms with Crippen molar-refractivity contribution in [2.45, 2.75) is 45.6 Å². The number of amides is 1. The second-order valence-corrected chi connectivity index (χ2v) is 5.90. The average Bonchev–Trinajstić information content (AvgIpc) is 2.44. The average molecular weight is 332 g/mol. The zero-order valence-electron chi connectivity index (χ0n) is 13.4. The molecular weight excluding hydrogens is 309 g/mol. The minimum atomic E-state index is -4.72. The highest BCUT2D eigenvalue weighted by atomic mass is 19.4. The molecule has 0 aliphatic carbocycles.